The molecule has 2 N–H and O–H groups in total. The van der Waals surface area contributed by atoms with Crippen molar-refractivity contribution < 1.29 is 14.6 Å². The zero-order chi connectivity index (χ0) is 19.8. The zero-order valence-corrected chi connectivity index (χ0v) is 16.3. The number of carbonyl (C=O) groups is 1. The lowest BCUT2D eigenvalue weighted by atomic mass is 9.99. The van der Waals surface area contributed by atoms with Crippen LogP contribution in [-0.2, 0) is 11.2 Å². The van der Waals surface area contributed by atoms with Gasteiger partial charge in [0.1, 0.15) is 18.0 Å². The molecule has 2 aliphatic heterocycles. The van der Waals surface area contributed by atoms with Gasteiger partial charge in [0.15, 0.2) is 0 Å². The number of nitrogens with zero attached hydrogens (tertiary/aromatic N) is 3. The molecule has 1 aromatic carbocycles. The molecule has 0 bridgehead atoms. The second-order valence-corrected chi connectivity index (χ2v) is 7.57. The zero-order valence-electron chi connectivity index (χ0n) is 16.3. The first-order chi connectivity index (χ1) is 13.5. The topological polar surface area (TPSA) is 79.6 Å². The summed E-state index contributed by atoms with van der Waals surface area (Å²) in [4.78, 5) is 13.9. The van der Waals surface area contributed by atoms with E-state index < -0.39 is 0 Å². The summed E-state index contributed by atoms with van der Waals surface area (Å²) >= 11 is 0. The van der Waals surface area contributed by atoms with E-state index in [1.807, 2.05) is 12.1 Å². The Morgan fingerprint density at radius 2 is 2.29 bits per heavy atom. The molecular formula is C21H26N4O3. The molecule has 0 aliphatic carbocycles. The van der Waals surface area contributed by atoms with Gasteiger partial charge in [-0.3, -0.25) is 4.79 Å². The van der Waals surface area contributed by atoms with Gasteiger partial charge in [-0.15, -0.1) is 5.10 Å². The van der Waals surface area contributed by atoms with E-state index in [0.29, 0.717) is 37.2 Å². The number of benzene rings is 1. The summed E-state index contributed by atoms with van der Waals surface area (Å²) < 4.78 is 7.72. The number of hydrogen-bond donors (Lipinski definition) is 2. The van der Waals surface area contributed by atoms with E-state index in [0.717, 1.165) is 29.8 Å². The monoisotopic (exact) mass is 382 g/mol. The molecule has 7 nitrogen and oxygen atoms in total. The summed E-state index contributed by atoms with van der Waals surface area (Å²) in [6, 6.07) is 5.67. The molecule has 3 heterocycles. The molecule has 1 atom stereocenters. The van der Waals surface area contributed by atoms with Gasteiger partial charge in [0.05, 0.1) is 23.8 Å². The highest BCUT2D eigenvalue weighted by Gasteiger charge is 2.33. The van der Waals surface area contributed by atoms with Gasteiger partial charge < -0.3 is 20.1 Å². The lowest BCUT2D eigenvalue weighted by Gasteiger charge is -2.32. The van der Waals surface area contributed by atoms with E-state index in [9.17, 15) is 9.90 Å². The third-order valence-corrected chi connectivity index (χ3v) is 5.47. The molecule has 0 saturated carbocycles. The highest BCUT2D eigenvalue weighted by molar-refractivity contribution is 5.87. The van der Waals surface area contributed by atoms with Crippen molar-refractivity contribution in [3.63, 3.8) is 0 Å². The van der Waals surface area contributed by atoms with Crippen molar-refractivity contribution in [2.45, 2.75) is 32.2 Å². The Bertz CT molecular complexity index is 919. The normalized spacial score (nSPS) is 18.8. The highest BCUT2D eigenvalue weighted by Crippen LogP contribution is 2.37. The number of ether oxygens (including phenoxy) is 1. The molecule has 0 saturated heterocycles. The quantitative estimate of drug-likeness (QED) is 0.797. The molecule has 0 unspecified atom stereocenters. The van der Waals surface area contributed by atoms with Gasteiger partial charge in [-0.25, -0.2) is 4.68 Å². The number of phenols is 1. The molecule has 0 spiro atoms. The van der Waals surface area contributed by atoms with E-state index in [1.54, 1.807) is 15.6 Å². The average Bonchev–Trinajstić information content (AvgIpc) is 3.03. The molecule has 1 amide bonds. The summed E-state index contributed by atoms with van der Waals surface area (Å²) in [7, 11) is 0. The first kappa shape index (κ1) is 18.6. The van der Waals surface area contributed by atoms with Crippen LogP contribution in [0.2, 0.25) is 0 Å². The fourth-order valence-corrected chi connectivity index (χ4v) is 3.93. The van der Waals surface area contributed by atoms with Crippen LogP contribution in [0.1, 0.15) is 42.6 Å². The standard InChI is InChI=1S/C21H26N4O3/c1-4-19(27)24-9-10-28-21-20-15(12-24)22-8-7-17(20)25(23-21)16-6-5-14(13(2)3)11-18(16)26/h4-6,11,13,15,22,26H,1,7-10,12H2,2-3H3/t15-/m0/s1. The molecule has 1 aromatic heterocycles. The van der Waals surface area contributed by atoms with Crippen molar-refractivity contribution in [3.05, 3.63) is 47.7 Å². The van der Waals surface area contributed by atoms with Crippen molar-refractivity contribution in [2.24, 2.45) is 0 Å². The van der Waals surface area contributed by atoms with Gasteiger partial charge in [0.2, 0.25) is 11.8 Å². The van der Waals surface area contributed by atoms with E-state index in [1.165, 1.54) is 6.08 Å². The fraction of sp³-hybridized carbons (Fsp3) is 0.429. The summed E-state index contributed by atoms with van der Waals surface area (Å²) in [5, 5.41) is 18.8. The summed E-state index contributed by atoms with van der Waals surface area (Å²) in [5.74, 6) is 1.01. The SMILES string of the molecule is C=CC(=O)N1CCOc2nn(-c3ccc(C(C)C)cc3O)c3c2[C@H](C1)NCC3. The van der Waals surface area contributed by atoms with Crippen LogP contribution < -0.4 is 10.1 Å². The second-order valence-electron chi connectivity index (χ2n) is 7.57. The molecular weight excluding hydrogens is 356 g/mol. The van der Waals surface area contributed by atoms with Gasteiger partial charge in [0.25, 0.3) is 0 Å². The minimum absolute atomic E-state index is 0.0613. The van der Waals surface area contributed by atoms with Crippen LogP contribution in [0.15, 0.2) is 30.9 Å². The van der Waals surface area contributed by atoms with Crippen LogP contribution in [0.3, 0.4) is 0 Å². The van der Waals surface area contributed by atoms with Crippen molar-refractivity contribution >= 4 is 5.91 Å². The minimum Gasteiger partial charge on any atom is -0.506 e. The molecule has 2 aliphatic rings. The van der Waals surface area contributed by atoms with Crippen LogP contribution in [-0.4, -0.2) is 51.9 Å². The van der Waals surface area contributed by atoms with Crippen molar-refractivity contribution in [1.82, 2.24) is 20.0 Å². The lowest BCUT2D eigenvalue weighted by Crippen LogP contribution is -2.44. The van der Waals surface area contributed by atoms with Crippen LogP contribution in [0.5, 0.6) is 11.6 Å². The number of nitrogens with one attached hydrogen (secondary N) is 1. The maximum Gasteiger partial charge on any atom is 0.246 e. The van der Waals surface area contributed by atoms with E-state index >= 15 is 0 Å². The van der Waals surface area contributed by atoms with Gasteiger partial charge >= 0.3 is 0 Å². The number of amides is 1. The minimum atomic E-state index is -0.102. The summed E-state index contributed by atoms with van der Waals surface area (Å²) in [5.41, 5.74) is 3.71. The van der Waals surface area contributed by atoms with Gasteiger partial charge in [0, 0.05) is 19.5 Å². The van der Waals surface area contributed by atoms with Crippen molar-refractivity contribution in [2.75, 3.05) is 26.2 Å². The third kappa shape index (κ3) is 3.16. The molecule has 0 fully saturated rings. The van der Waals surface area contributed by atoms with Gasteiger partial charge in [-0.1, -0.05) is 26.5 Å². The van der Waals surface area contributed by atoms with E-state index in [-0.39, 0.29) is 17.7 Å². The molecule has 2 aromatic rings. The lowest BCUT2D eigenvalue weighted by molar-refractivity contribution is -0.127. The molecule has 4 rings (SSSR count). The maximum absolute atomic E-state index is 12.1. The Hall–Kier alpha value is -2.80. The number of aromatic nitrogens is 2. The summed E-state index contributed by atoms with van der Waals surface area (Å²) in [6.45, 7) is 9.95. The Morgan fingerprint density at radius 1 is 1.46 bits per heavy atom. The van der Waals surface area contributed by atoms with E-state index in [4.69, 9.17) is 4.74 Å². The van der Waals surface area contributed by atoms with Crippen LogP contribution in [0, 0.1) is 0 Å². The number of aromatic hydroxyl groups is 1. The largest absolute Gasteiger partial charge is 0.506 e. The second kappa shape index (κ2) is 7.31. The Labute approximate surface area is 164 Å². The molecule has 7 heteroatoms. The third-order valence-electron chi connectivity index (χ3n) is 5.47. The molecule has 28 heavy (non-hydrogen) atoms. The summed E-state index contributed by atoms with van der Waals surface area (Å²) in [6.07, 6.45) is 2.10. The predicted molar refractivity (Wildman–Crippen MR) is 106 cm³/mol. The number of phenolic OH excluding ortho intramolecular Hbond substituents is 1. The maximum atomic E-state index is 12.1. The Morgan fingerprint density at radius 3 is 3.00 bits per heavy atom. The van der Waals surface area contributed by atoms with Crippen LogP contribution >= 0.6 is 0 Å². The highest BCUT2D eigenvalue weighted by atomic mass is 16.5. The van der Waals surface area contributed by atoms with Crippen molar-refractivity contribution in [3.8, 4) is 17.3 Å². The number of carbonyl (C=O) groups excluding carboxylic acids is 1. The van der Waals surface area contributed by atoms with Gasteiger partial charge in [-0.2, -0.15) is 0 Å². The Balaban J connectivity index is 1.76. The first-order valence-electron chi connectivity index (χ1n) is 9.72. The van der Waals surface area contributed by atoms with Crippen LogP contribution in [0.25, 0.3) is 5.69 Å². The van der Waals surface area contributed by atoms with Crippen LogP contribution in [0.4, 0.5) is 0 Å². The molecule has 0 radical (unpaired) electrons. The Kier molecular flexibility index (Phi) is 4.85. The van der Waals surface area contributed by atoms with Crippen molar-refractivity contribution in [1.29, 1.82) is 0 Å². The first-order valence-corrected chi connectivity index (χ1v) is 9.72. The molecule has 148 valence electrons. The van der Waals surface area contributed by atoms with Gasteiger partial charge in [-0.05, 0) is 29.7 Å². The number of hydrogen-bond acceptors (Lipinski definition) is 5. The predicted octanol–water partition coefficient (Wildman–Crippen LogP) is 2.30. The van der Waals surface area contributed by atoms with E-state index in [2.05, 4.69) is 30.8 Å². The smallest absolute Gasteiger partial charge is 0.246 e. The fourth-order valence-electron chi connectivity index (χ4n) is 3.93. The average molecular weight is 382 g/mol. The number of rotatable bonds is 3.